The molecule has 80 valence electrons. The van der Waals surface area contributed by atoms with Crippen molar-refractivity contribution >= 4 is 11.3 Å². The molecule has 0 aliphatic rings. The molecule has 0 bridgehead atoms. The van der Waals surface area contributed by atoms with Gasteiger partial charge in [0.05, 0.1) is 6.04 Å². The van der Waals surface area contributed by atoms with E-state index in [1.165, 1.54) is 4.88 Å². The quantitative estimate of drug-likeness (QED) is 0.415. The van der Waals surface area contributed by atoms with Crippen LogP contribution in [0.1, 0.15) is 30.7 Å². The summed E-state index contributed by atoms with van der Waals surface area (Å²) in [5.41, 5.74) is 2.84. The summed E-state index contributed by atoms with van der Waals surface area (Å²) in [4.78, 5) is 1.30. The molecule has 0 saturated heterocycles. The molecule has 1 aromatic heterocycles. The molecule has 3 N–H and O–H groups in total. The van der Waals surface area contributed by atoms with E-state index < -0.39 is 0 Å². The molecular weight excluding hydrogens is 196 g/mol. The van der Waals surface area contributed by atoms with Gasteiger partial charge in [0.2, 0.25) is 0 Å². The second-order valence-electron chi connectivity index (χ2n) is 3.07. The first kappa shape index (κ1) is 11.7. The van der Waals surface area contributed by atoms with Gasteiger partial charge < -0.3 is 4.74 Å². The minimum absolute atomic E-state index is 0.274. The molecule has 0 saturated carbocycles. The van der Waals surface area contributed by atoms with Crippen LogP contribution < -0.4 is 11.3 Å². The van der Waals surface area contributed by atoms with Crippen LogP contribution in [0.25, 0.3) is 0 Å². The molecule has 0 aliphatic heterocycles. The Bertz CT molecular complexity index is 226. The third-order valence-corrected chi connectivity index (χ3v) is 3.06. The molecule has 0 spiro atoms. The maximum absolute atomic E-state index is 5.49. The van der Waals surface area contributed by atoms with Gasteiger partial charge in [-0.1, -0.05) is 6.07 Å². The summed E-state index contributed by atoms with van der Waals surface area (Å²) >= 11 is 1.74. The second kappa shape index (κ2) is 6.95. The zero-order chi connectivity index (χ0) is 10.2. The van der Waals surface area contributed by atoms with Gasteiger partial charge in [-0.05, 0) is 31.2 Å². The van der Waals surface area contributed by atoms with E-state index in [2.05, 4.69) is 16.9 Å². The van der Waals surface area contributed by atoms with Gasteiger partial charge in [-0.25, -0.2) is 0 Å². The zero-order valence-electron chi connectivity index (χ0n) is 8.53. The van der Waals surface area contributed by atoms with Crippen molar-refractivity contribution in [1.29, 1.82) is 0 Å². The first-order valence-electron chi connectivity index (χ1n) is 4.95. The van der Waals surface area contributed by atoms with Gasteiger partial charge in [0.15, 0.2) is 0 Å². The Kier molecular flexibility index (Phi) is 5.78. The molecule has 14 heavy (non-hydrogen) atoms. The third kappa shape index (κ3) is 3.75. The zero-order valence-corrected chi connectivity index (χ0v) is 9.35. The Morgan fingerprint density at radius 3 is 3.07 bits per heavy atom. The van der Waals surface area contributed by atoms with Crippen molar-refractivity contribution in [3.05, 3.63) is 22.4 Å². The lowest BCUT2D eigenvalue weighted by atomic mass is 10.1. The number of ether oxygens (including phenoxy) is 1. The lowest BCUT2D eigenvalue weighted by Crippen LogP contribution is -2.27. The van der Waals surface area contributed by atoms with Crippen LogP contribution in [0.4, 0.5) is 0 Å². The standard InChI is InChI=1S/C10H18N2OS/c1-2-13-7-3-5-9(12-11)10-6-4-8-14-10/h4,6,8-9,12H,2-3,5,7,11H2,1H3. The van der Waals surface area contributed by atoms with Crippen LogP contribution in [0, 0.1) is 0 Å². The van der Waals surface area contributed by atoms with E-state index in [4.69, 9.17) is 10.6 Å². The predicted octanol–water partition coefficient (Wildman–Crippen LogP) is 2.07. The highest BCUT2D eigenvalue weighted by Gasteiger charge is 2.09. The molecule has 3 nitrogen and oxygen atoms in total. The minimum Gasteiger partial charge on any atom is -0.382 e. The summed E-state index contributed by atoms with van der Waals surface area (Å²) in [6.45, 7) is 3.62. The van der Waals surface area contributed by atoms with Crippen LogP contribution >= 0.6 is 11.3 Å². The first-order valence-corrected chi connectivity index (χ1v) is 5.83. The lowest BCUT2D eigenvalue weighted by molar-refractivity contribution is 0.141. The average molecular weight is 214 g/mol. The molecule has 1 unspecified atom stereocenters. The number of nitrogens with two attached hydrogens (primary N) is 1. The lowest BCUT2D eigenvalue weighted by Gasteiger charge is -2.13. The fourth-order valence-electron chi connectivity index (χ4n) is 1.33. The molecule has 0 radical (unpaired) electrons. The highest BCUT2D eigenvalue weighted by atomic mass is 32.1. The van der Waals surface area contributed by atoms with Crippen LogP contribution in [0.3, 0.4) is 0 Å². The molecule has 1 atom stereocenters. The van der Waals surface area contributed by atoms with Crippen LogP contribution in [-0.4, -0.2) is 13.2 Å². The number of hydrogen-bond donors (Lipinski definition) is 2. The van der Waals surface area contributed by atoms with Crippen molar-refractivity contribution in [2.75, 3.05) is 13.2 Å². The molecule has 1 rings (SSSR count). The summed E-state index contributed by atoms with van der Waals surface area (Å²) in [6.07, 6.45) is 2.07. The summed E-state index contributed by atoms with van der Waals surface area (Å²) in [7, 11) is 0. The predicted molar refractivity (Wildman–Crippen MR) is 60.1 cm³/mol. The SMILES string of the molecule is CCOCCCC(NN)c1cccs1. The maximum atomic E-state index is 5.49. The summed E-state index contributed by atoms with van der Waals surface area (Å²) in [5, 5.41) is 2.07. The summed E-state index contributed by atoms with van der Waals surface area (Å²) in [6, 6.07) is 4.43. The van der Waals surface area contributed by atoms with Crippen molar-refractivity contribution in [3.63, 3.8) is 0 Å². The van der Waals surface area contributed by atoms with Gasteiger partial charge >= 0.3 is 0 Å². The minimum atomic E-state index is 0.274. The summed E-state index contributed by atoms with van der Waals surface area (Å²) < 4.78 is 5.28. The van der Waals surface area contributed by atoms with E-state index in [0.29, 0.717) is 0 Å². The fourth-order valence-corrected chi connectivity index (χ4v) is 2.15. The molecule has 0 aromatic carbocycles. The number of nitrogens with one attached hydrogen (secondary N) is 1. The smallest absolute Gasteiger partial charge is 0.0554 e. The number of rotatable bonds is 7. The fraction of sp³-hybridized carbons (Fsp3) is 0.600. The van der Waals surface area contributed by atoms with Gasteiger partial charge in [0, 0.05) is 18.1 Å². The highest BCUT2D eigenvalue weighted by molar-refractivity contribution is 7.10. The molecular formula is C10H18N2OS. The second-order valence-corrected chi connectivity index (χ2v) is 4.05. The Hall–Kier alpha value is -0.420. The normalized spacial score (nSPS) is 13.0. The van der Waals surface area contributed by atoms with Gasteiger partial charge in [-0.2, -0.15) is 0 Å². The van der Waals surface area contributed by atoms with E-state index >= 15 is 0 Å². The molecule has 0 fully saturated rings. The van der Waals surface area contributed by atoms with Crippen LogP contribution in [0.2, 0.25) is 0 Å². The third-order valence-electron chi connectivity index (χ3n) is 2.07. The van der Waals surface area contributed by atoms with Crippen LogP contribution in [-0.2, 0) is 4.74 Å². The number of hydrazine groups is 1. The highest BCUT2D eigenvalue weighted by Crippen LogP contribution is 2.22. The van der Waals surface area contributed by atoms with E-state index in [9.17, 15) is 0 Å². The van der Waals surface area contributed by atoms with Crippen molar-refractivity contribution in [1.82, 2.24) is 5.43 Å². The van der Waals surface area contributed by atoms with E-state index in [1.54, 1.807) is 11.3 Å². The van der Waals surface area contributed by atoms with Gasteiger partial charge in [0.1, 0.15) is 0 Å². The largest absolute Gasteiger partial charge is 0.382 e. The van der Waals surface area contributed by atoms with E-state index in [1.807, 2.05) is 13.0 Å². The molecule has 0 aliphatic carbocycles. The molecule has 0 amide bonds. The summed E-state index contributed by atoms with van der Waals surface area (Å²) in [5.74, 6) is 5.49. The molecule has 1 heterocycles. The Labute approximate surface area is 89.2 Å². The first-order chi connectivity index (χ1) is 6.88. The number of hydrogen-bond acceptors (Lipinski definition) is 4. The van der Waals surface area contributed by atoms with Crippen LogP contribution in [0.15, 0.2) is 17.5 Å². The van der Waals surface area contributed by atoms with Crippen molar-refractivity contribution in [2.45, 2.75) is 25.8 Å². The van der Waals surface area contributed by atoms with Crippen molar-refractivity contribution in [2.24, 2.45) is 5.84 Å². The number of thiophene rings is 1. The monoisotopic (exact) mass is 214 g/mol. The molecule has 1 aromatic rings. The van der Waals surface area contributed by atoms with Gasteiger partial charge in [0.25, 0.3) is 0 Å². The topological polar surface area (TPSA) is 47.3 Å². The van der Waals surface area contributed by atoms with Gasteiger partial charge in [-0.15, -0.1) is 11.3 Å². The van der Waals surface area contributed by atoms with E-state index in [0.717, 1.165) is 26.1 Å². The molecule has 4 heteroatoms. The van der Waals surface area contributed by atoms with E-state index in [-0.39, 0.29) is 6.04 Å². The van der Waals surface area contributed by atoms with Crippen molar-refractivity contribution < 1.29 is 4.74 Å². The van der Waals surface area contributed by atoms with Crippen LogP contribution in [0.5, 0.6) is 0 Å². The average Bonchev–Trinajstić information content (AvgIpc) is 2.71. The Morgan fingerprint density at radius 2 is 2.50 bits per heavy atom. The Balaban J connectivity index is 2.26. The van der Waals surface area contributed by atoms with Crippen molar-refractivity contribution in [3.8, 4) is 0 Å². The van der Waals surface area contributed by atoms with Gasteiger partial charge in [-0.3, -0.25) is 11.3 Å². The Morgan fingerprint density at radius 1 is 1.64 bits per heavy atom. The maximum Gasteiger partial charge on any atom is 0.0554 e.